The van der Waals surface area contributed by atoms with E-state index in [4.69, 9.17) is 0 Å². The summed E-state index contributed by atoms with van der Waals surface area (Å²) >= 11 is 0. The fourth-order valence-electron chi connectivity index (χ4n) is 1.94. The Bertz CT molecular complexity index is 215. The first kappa shape index (κ1) is 12.5. The van der Waals surface area contributed by atoms with Crippen molar-refractivity contribution in [3.05, 3.63) is 23.8 Å². The zero-order valence-electron chi connectivity index (χ0n) is 9.84. The predicted octanol–water partition coefficient (Wildman–Crippen LogP) is 4.82. The van der Waals surface area contributed by atoms with E-state index in [1.165, 1.54) is 44.1 Å². The van der Waals surface area contributed by atoms with Crippen LogP contribution in [0.1, 0.15) is 51.9 Å². The lowest BCUT2D eigenvalue weighted by molar-refractivity contribution is 0.410. The van der Waals surface area contributed by atoms with Crippen molar-refractivity contribution in [3.8, 4) is 0 Å². The molecule has 0 aliphatic heterocycles. The standard InChI is InChI=1S/C14H23F/c1-2-3-4-5-6-7-13-8-10-14(12-15)11-9-13/h8-10,14H,2-7,11-12H2,1H3. The van der Waals surface area contributed by atoms with Crippen molar-refractivity contribution in [1.29, 1.82) is 0 Å². The van der Waals surface area contributed by atoms with Gasteiger partial charge in [-0.2, -0.15) is 0 Å². The van der Waals surface area contributed by atoms with Gasteiger partial charge in [-0.25, -0.2) is 0 Å². The molecule has 1 rings (SSSR count). The first-order chi connectivity index (χ1) is 7.36. The van der Waals surface area contributed by atoms with Crippen LogP contribution in [0.5, 0.6) is 0 Å². The van der Waals surface area contributed by atoms with E-state index in [0.29, 0.717) is 0 Å². The maximum absolute atomic E-state index is 12.3. The molecule has 0 aromatic carbocycles. The summed E-state index contributed by atoms with van der Waals surface area (Å²) in [7, 11) is 0. The molecule has 0 radical (unpaired) electrons. The third-order valence-corrected chi connectivity index (χ3v) is 3.03. The first-order valence-corrected chi connectivity index (χ1v) is 6.30. The molecule has 0 heterocycles. The number of allylic oxidation sites excluding steroid dienone is 4. The van der Waals surface area contributed by atoms with Gasteiger partial charge in [0.15, 0.2) is 0 Å². The molecule has 1 atom stereocenters. The molecule has 86 valence electrons. The van der Waals surface area contributed by atoms with Crippen molar-refractivity contribution >= 4 is 0 Å². The second-order valence-electron chi connectivity index (χ2n) is 4.45. The number of hydrogen-bond donors (Lipinski definition) is 0. The maximum atomic E-state index is 12.3. The van der Waals surface area contributed by atoms with Crippen molar-refractivity contribution in [3.63, 3.8) is 0 Å². The normalized spacial score (nSPS) is 20.4. The van der Waals surface area contributed by atoms with Crippen molar-refractivity contribution in [2.75, 3.05) is 6.67 Å². The summed E-state index contributed by atoms with van der Waals surface area (Å²) in [5.74, 6) is 0.147. The zero-order chi connectivity index (χ0) is 10.9. The van der Waals surface area contributed by atoms with Crippen molar-refractivity contribution in [2.24, 2.45) is 5.92 Å². The Kier molecular flexibility index (Phi) is 6.38. The van der Waals surface area contributed by atoms with E-state index in [-0.39, 0.29) is 12.6 Å². The SMILES string of the molecule is CCCCCCCC1=CCC(CF)C=C1. The average molecular weight is 210 g/mol. The van der Waals surface area contributed by atoms with E-state index in [2.05, 4.69) is 19.1 Å². The van der Waals surface area contributed by atoms with Gasteiger partial charge in [0.05, 0.1) is 6.67 Å². The van der Waals surface area contributed by atoms with Crippen LogP contribution in [0.4, 0.5) is 4.39 Å². The molecular formula is C14H23F. The Morgan fingerprint density at radius 3 is 2.67 bits per heavy atom. The van der Waals surface area contributed by atoms with Gasteiger partial charge in [0.1, 0.15) is 0 Å². The van der Waals surface area contributed by atoms with Crippen LogP contribution in [0.25, 0.3) is 0 Å². The summed E-state index contributed by atoms with van der Waals surface area (Å²) in [6.07, 6.45) is 15.1. The van der Waals surface area contributed by atoms with Crippen molar-refractivity contribution in [2.45, 2.75) is 51.9 Å². The summed E-state index contributed by atoms with van der Waals surface area (Å²) < 4.78 is 12.3. The van der Waals surface area contributed by atoms with Crippen LogP contribution in [-0.4, -0.2) is 6.67 Å². The minimum Gasteiger partial charge on any atom is -0.250 e. The Hall–Kier alpha value is -0.590. The van der Waals surface area contributed by atoms with E-state index >= 15 is 0 Å². The molecule has 1 heteroatoms. The first-order valence-electron chi connectivity index (χ1n) is 6.30. The minimum atomic E-state index is -0.212. The summed E-state index contributed by atoms with van der Waals surface area (Å²) in [5, 5.41) is 0. The fourth-order valence-corrected chi connectivity index (χ4v) is 1.94. The van der Waals surface area contributed by atoms with E-state index in [0.717, 1.165) is 6.42 Å². The predicted molar refractivity (Wildman–Crippen MR) is 64.7 cm³/mol. The third kappa shape index (κ3) is 5.15. The van der Waals surface area contributed by atoms with Gasteiger partial charge in [0.25, 0.3) is 0 Å². The lowest BCUT2D eigenvalue weighted by Crippen LogP contribution is -2.01. The average Bonchev–Trinajstić information content (AvgIpc) is 2.30. The van der Waals surface area contributed by atoms with Gasteiger partial charge in [-0.05, 0) is 19.3 Å². The van der Waals surface area contributed by atoms with Gasteiger partial charge < -0.3 is 0 Å². The molecule has 0 saturated heterocycles. The summed E-state index contributed by atoms with van der Waals surface area (Å²) in [6.45, 7) is 2.03. The molecule has 0 saturated carbocycles. The second kappa shape index (κ2) is 7.67. The molecule has 0 amide bonds. The molecule has 1 aliphatic carbocycles. The lowest BCUT2D eigenvalue weighted by atomic mass is 9.95. The molecular weight excluding hydrogens is 187 g/mol. The van der Waals surface area contributed by atoms with Crippen LogP contribution >= 0.6 is 0 Å². The largest absolute Gasteiger partial charge is 0.250 e. The number of alkyl halides is 1. The van der Waals surface area contributed by atoms with Crippen LogP contribution < -0.4 is 0 Å². The van der Waals surface area contributed by atoms with Gasteiger partial charge in [0, 0.05) is 5.92 Å². The number of rotatable bonds is 7. The smallest absolute Gasteiger partial charge is 0.0960 e. The molecule has 1 unspecified atom stereocenters. The number of halogens is 1. The lowest BCUT2D eigenvalue weighted by Gasteiger charge is -2.12. The topological polar surface area (TPSA) is 0 Å². The molecule has 0 N–H and O–H groups in total. The van der Waals surface area contributed by atoms with Crippen LogP contribution in [0.2, 0.25) is 0 Å². The van der Waals surface area contributed by atoms with E-state index in [1.54, 1.807) is 0 Å². The van der Waals surface area contributed by atoms with E-state index < -0.39 is 0 Å². The number of unbranched alkanes of at least 4 members (excludes halogenated alkanes) is 4. The van der Waals surface area contributed by atoms with Gasteiger partial charge in [-0.3, -0.25) is 4.39 Å². The van der Waals surface area contributed by atoms with Crippen molar-refractivity contribution < 1.29 is 4.39 Å². The Labute approximate surface area is 93.3 Å². The van der Waals surface area contributed by atoms with Crippen LogP contribution in [0, 0.1) is 5.92 Å². The zero-order valence-corrected chi connectivity index (χ0v) is 9.84. The van der Waals surface area contributed by atoms with E-state index in [1.807, 2.05) is 6.08 Å². The van der Waals surface area contributed by atoms with Gasteiger partial charge in [-0.15, -0.1) is 0 Å². The van der Waals surface area contributed by atoms with E-state index in [9.17, 15) is 4.39 Å². The monoisotopic (exact) mass is 210 g/mol. The van der Waals surface area contributed by atoms with Crippen molar-refractivity contribution in [1.82, 2.24) is 0 Å². The summed E-state index contributed by atoms with van der Waals surface area (Å²) in [5.41, 5.74) is 1.41. The number of hydrogen-bond acceptors (Lipinski definition) is 0. The fraction of sp³-hybridized carbons (Fsp3) is 0.714. The van der Waals surface area contributed by atoms with Crippen LogP contribution in [0.3, 0.4) is 0 Å². The molecule has 0 spiro atoms. The maximum Gasteiger partial charge on any atom is 0.0960 e. The molecule has 0 bridgehead atoms. The molecule has 0 nitrogen and oxygen atoms in total. The quantitative estimate of drug-likeness (QED) is 0.528. The molecule has 0 aromatic heterocycles. The highest BCUT2D eigenvalue weighted by atomic mass is 19.1. The summed E-state index contributed by atoms with van der Waals surface area (Å²) in [6, 6.07) is 0. The minimum absolute atomic E-state index is 0.147. The van der Waals surface area contributed by atoms with Crippen LogP contribution in [-0.2, 0) is 0 Å². The second-order valence-corrected chi connectivity index (χ2v) is 4.45. The molecule has 0 fully saturated rings. The molecule has 15 heavy (non-hydrogen) atoms. The molecule has 0 aromatic rings. The molecule has 1 aliphatic rings. The van der Waals surface area contributed by atoms with Crippen LogP contribution in [0.15, 0.2) is 23.8 Å². The summed E-state index contributed by atoms with van der Waals surface area (Å²) in [4.78, 5) is 0. The highest BCUT2D eigenvalue weighted by Gasteiger charge is 2.07. The Morgan fingerprint density at radius 2 is 2.07 bits per heavy atom. The van der Waals surface area contributed by atoms with Gasteiger partial charge in [-0.1, -0.05) is 56.4 Å². The Morgan fingerprint density at radius 1 is 1.27 bits per heavy atom. The van der Waals surface area contributed by atoms with Gasteiger partial charge >= 0.3 is 0 Å². The van der Waals surface area contributed by atoms with Gasteiger partial charge in [0.2, 0.25) is 0 Å². The third-order valence-electron chi connectivity index (χ3n) is 3.03. The highest BCUT2D eigenvalue weighted by molar-refractivity contribution is 5.23. The highest BCUT2D eigenvalue weighted by Crippen LogP contribution is 2.21. The Balaban J connectivity index is 2.08.